The summed E-state index contributed by atoms with van der Waals surface area (Å²) >= 11 is 0. The molecule has 17 heavy (non-hydrogen) atoms. The Morgan fingerprint density at radius 1 is 1.59 bits per heavy atom. The number of likely N-dealkylation sites (tertiary alicyclic amines) is 1. The molecule has 1 atom stereocenters. The Kier molecular flexibility index (Phi) is 4.32. The van der Waals surface area contributed by atoms with Gasteiger partial charge in [0.2, 0.25) is 0 Å². The van der Waals surface area contributed by atoms with Crippen LogP contribution < -0.4 is 0 Å². The maximum absolute atomic E-state index is 12.0. The molecule has 0 unspecified atom stereocenters. The SMILES string of the molecule is C=CC[C@@H]1CC(=O)CCN1C(=O)OC(C)(C)C. The molecule has 1 fully saturated rings. The Labute approximate surface area is 103 Å². The normalized spacial score (nSPS) is 21.2. The van der Waals surface area contributed by atoms with E-state index in [4.69, 9.17) is 4.74 Å². The first-order valence-corrected chi connectivity index (χ1v) is 5.95. The van der Waals surface area contributed by atoms with Gasteiger partial charge in [-0.05, 0) is 27.2 Å². The first-order valence-electron chi connectivity index (χ1n) is 5.95. The van der Waals surface area contributed by atoms with Crippen molar-refractivity contribution < 1.29 is 14.3 Å². The highest BCUT2D eigenvalue weighted by atomic mass is 16.6. The summed E-state index contributed by atoms with van der Waals surface area (Å²) in [6, 6.07) is -0.0939. The number of ketones is 1. The fourth-order valence-electron chi connectivity index (χ4n) is 1.87. The summed E-state index contributed by atoms with van der Waals surface area (Å²) in [5, 5.41) is 0. The highest BCUT2D eigenvalue weighted by Crippen LogP contribution is 2.20. The third kappa shape index (κ3) is 4.21. The van der Waals surface area contributed by atoms with Crippen LogP contribution in [-0.2, 0) is 9.53 Å². The molecule has 0 aliphatic carbocycles. The minimum absolute atomic E-state index is 0.0939. The van der Waals surface area contributed by atoms with Gasteiger partial charge in [0.1, 0.15) is 11.4 Å². The molecule has 1 heterocycles. The van der Waals surface area contributed by atoms with Crippen LogP contribution in [0, 0.1) is 0 Å². The summed E-state index contributed by atoms with van der Waals surface area (Å²) in [6.07, 6.45) is 2.86. The van der Waals surface area contributed by atoms with Crippen molar-refractivity contribution in [3.05, 3.63) is 12.7 Å². The van der Waals surface area contributed by atoms with E-state index < -0.39 is 5.60 Å². The molecule has 0 aromatic heterocycles. The quantitative estimate of drug-likeness (QED) is 0.696. The van der Waals surface area contributed by atoms with Crippen LogP contribution in [0.4, 0.5) is 4.79 Å². The van der Waals surface area contributed by atoms with Crippen molar-refractivity contribution in [1.29, 1.82) is 0 Å². The Morgan fingerprint density at radius 2 is 2.24 bits per heavy atom. The minimum atomic E-state index is -0.503. The summed E-state index contributed by atoms with van der Waals surface area (Å²) in [7, 11) is 0. The number of ether oxygens (including phenoxy) is 1. The first kappa shape index (κ1) is 13.7. The maximum Gasteiger partial charge on any atom is 0.410 e. The van der Waals surface area contributed by atoms with Crippen LogP contribution in [0.5, 0.6) is 0 Å². The molecule has 1 saturated heterocycles. The molecule has 1 amide bonds. The van der Waals surface area contributed by atoms with Gasteiger partial charge in [-0.25, -0.2) is 4.79 Å². The Hall–Kier alpha value is -1.32. The first-order chi connectivity index (χ1) is 7.83. The zero-order chi connectivity index (χ0) is 13.1. The summed E-state index contributed by atoms with van der Waals surface area (Å²) in [6.45, 7) is 9.62. The lowest BCUT2D eigenvalue weighted by atomic mass is 9.99. The molecule has 0 spiro atoms. The van der Waals surface area contributed by atoms with E-state index in [-0.39, 0.29) is 17.9 Å². The Morgan fingerprint density at radius 3 is 2.76 bits per heavy atom. The van der Waals surface area contributed by atoms with Crippen molar-refractivity contribution in [1.82, 2.24) is 4.90 Å². The molecular weight excluding hydrogens is 218 g/mol. The van der Waals surface area contributed by atoms with Crippen LogP contribution in [0.25, 0.3) is 0 Å². The predicted molar refractivity (Wildman–Crippen MR) is 65.8 cm³/mol. The van der Waals surface area contributed by atoms with Crippen LogP contribution in [0.2, 0.25) is 0 Å². The second-order valence-corrected chi connectivity index (χ2v) is 5.34. The smallest absolute Gasteiger partial charge is 0.410 e. The Bertz CT molecular complexity index is 317. The molecule has 1 aliphatic rings. The zero-order valence-electron chi connectivity index (χ0n) is 10.9. The number of piperidine rings is 1. The lowest BCUT2D eigenvalue weighted by Gasteiger charge is -2.35. The monoisotopic (exact) mass is 239 g/mol. The fourth-order valence-corrected chi connectivity index (χ4v) is 1.87. The number of rotatable bonds is 2. The third-order valence-corrected chi connectivity index (χ3v) is 2.60. The molecule has 0 saturated carbocycles. The molecule has 1 aliphatic heterocycles. The molecule has 0 N–H and O–H groups in total. The van der Waals surface area contributed by atoms with Gasteiger partial charge in [-0.2, -0.15) is 0 Å². The zero-order valence-corrected chi connectivity index (χ0v) is 10.9. The number of amides is 1. The van der Waals surface area contributed by atoms with Crippen LogP contribution in [0.1, 0.15) is 40.0 Å². The van der Waals surface area contributed by atoms with Crippen molar-refractivity contribution in [2.45, 2.75) is 51.7 Å². The van der Waals surface area contributed by atoms with Crippen molar-refractivity contribution in [3.63, 3.8) is 0 Å². The van der Waals surface area contributed by atoms with Crippen molar-refractivity contribution in [3.8, 4) is 0 Å². The lowest BCUT2D eigenvalue weighted by Crippen LogP contribution is -2.48. The molecule has 0 aromatic rings. The molecule has 4 nitrogen and oxygen atoms in total. The van der Waals surface area contributed by atoms with Crippen molar-refractivity contribution in [2.24, 2.45) is 0 Å². The molecule has 96 valence electrons. The summed E-state index contributed by atoms with van der Waals surface area (Å²) < 4.78 is 5.33. The molecule has 1 rings (SSSR count). The van der Waals surface area contributed by atoms with Crippen LogP contribution in [0.3, 0.4) is 0 Å². The summed E-state index contributed by atoms with van der Waals surface area (Å²) in [5.74, 6) is 0.205. The van der Waals surface area contributed by atoms with E-state index in [2.05, 4.69) is 6.58 Å². The van der Waals surface area contributed by atoms with Crippen LogP contribution in [0.15, 0.2) is 12.7 Å². The van der Waals surface area contributed by atoms with Gasteiger partial charge >= 0.3 is 6.09 Å². The van der Waals surface area contributed by atoms with Crippen molar-refractivity contribution >= 4 is 11.9 Å². The molecule has 0 radical (unpaired) electrons. The topological polar surface area (TPSA) is 46.6 Å². The van der Waals surface area contributed by atoms with E-state index in [0.29, 0.717) is 25.8 Å². The second kappa shape index (κ2) is 5.34. The minimum Gasteiger partial charge on any atom is -0.444 e. The van der Waals surface area contributed by atoms with Crippen molar-refractivity contribution in [2.75, 3.05) is 6.54 Å². The van der Waals surface area contributed by atoms with Gasteiger partial charge in [0, 0.05) is 25.4 Å². The summed E-state index contributed by atoms with van der Waals surface area (Å²) in [5.41, 5.74) is -0.503. The van der Waals surface area contributed by atoms with Crippen LogP contribution in [-0.4, -0.2) is 35.0 Å². The second-order valence-electron chi connectivity index (χ2n) is 5.34. The van der Waals surface area contributed by atoms with Gasteiger partial charge in [0.15, 0.2) is 0 Å². The lowest BCUT2D eigenvalue weighted by molar-refractivity contribution is -0.122. The third-order valence-electron chi connectivity index (χ3n) is 2.60. The summed E-state index contributed by atoms with van der Waals surface area (Å²) in [4.78, 5) is 25.0. The number of nitrogens with zero attached hydrogens (tertiary/aromatic N) is 1. The molecule has 0 bridgehead atoms. The van der Waals surface area contributed by atoms with Crippen LogP contribution >= 0.6 is 0 Å². The maximum atomic E-state index is 12.0. The number of Topliss-reactive ketones (excluding diaryl/α,β-unsaturated/α-hetero) is 1. The number of carbonyl (C=O) groups excluding carboxylic acids is 2. The van der Waals surface area contributed by atoms with E-state index in [1.54, 1.807) is 11.0 Å². The van der Waals surface area contributed by atoms with Gasteiger partial charge in [-0.3, -0.25) is 4.79 Å². The van der Waals surface area contributed by atoms with E-state index in [0.717, 1.165) is 0 Å². The largest absolute Gasteiger partial charge is 0.444 e. The highest BCUT2D eigenvalue weighted by molar-refractivity contribution is 5.82. The molecule has 0 aromatic carbocycles. The number of hydrogen-bond acceptors (Lipinski definition) is 3. The van der Waals surface area contributed by atoms with Gasteiger partial charge < -0.3 is 9.64 Å². The van der Waals surface area contributed by atoms with Gasteiger partial charge in [-0.15, -0.1) is 6.58 Å². The number of hydrogen-bond donors (Lipinski definition) is 0. The fraction of sp³-hybridized carbons (Fsp3) is 0.692. The van der Waals surface area contributed by atoms with E-state index in [9.17, 15) is 9.59 Å². The predicted octanol–water partition coefficient (Wildman–Crippen LogP) is 2.53. The van der Waals surface area contributed by atoms with Gasteiger partial charge in [0.05, 0.1) is 0 Å². The average molecular weight is 239 g/mol. The Balaban J connectivity index is 2.69. The van der Waals surface area contributed by atoms with Gasteiger partial charge in [0.25, 0.3) is 0 Å². The van der Waals surface area contributed by atoms with E-state index >= 15 is 0 Å². The van der Waals surface area contributed by atoms with E-state index in [1.807, 2.05) is 20.8 Å². The van der Waals surface area contributed by atoms with E-state index in [1.165, 1.54) is 0 Å². The number of carbonyl (C=O) groups is 2. The average Bonchev–Trinajstić information content (AvgIpc) is 2.15. The molecule has 4 heteroatoms. The standard InChI is InChI=1S/C13H21NO3/c1-5-6-10-9-11(15)7-8-14(10)12(16)17-13(2,3)4/h5,10H,1,6-9H2,2-4H3/t10-/m1/s1. The molecular formula is C13H21NO3. The highest BCUT2D eigenvalue weighted by Gasteiger charge is 2.32. The van der Waals surface area contributed by atoms with Gasteiger partial charge in [-0.1, -0.05) is 6.08 Å².